The van der Waals surface area contributed by atoms with Crippen LogP contribution in [-0.2, 0) is 19.5 Å². The molecule has 4 heteroatoms. The van der Waals surface area contributed by atoms with Gasteiger partial charge in [0.2, 0.25) is 0 Å². The number of aromatic hydroxyl groups is 1. The first-order valence-corrected chi connectivity index (χ1v) is 7.43. The number of benzene rings is 2. The van der Waals surface area contributed by atoms with Gasteiger partial charge >= 0.3 is 0 Å². The van der Waals surface area contributed by atoms with Gasteiger partial charge in [0.15, 0.2) is 11.5 Å². The lowest BCUT2D eigenvalue weighted by molar-refractivity contribution is 0.244. The third-order valence-electron chi connectivity index (χ3n) is 4.14. The van der Waals surface area contributed by atoms with E-state index in [-0.39, 0.29) is 0 Å². The zero-order chi connectivity index (χ0) is 15.5. The second kappa shape index (κ2) is 6.28. The molecule has 0 unspecified atom stereocenters. The molecule has 2 aromatic rings. The standard InChI is InChI=1S/C18H21NO3/c1-21-17-9-14-7-8-19(12-15(14)10-18(17)22-2)11-13-3-5-16(20)6-4-13/h3-6,9-10,20H,7-8,11-12H2,1-2H3. The number of fused-ring (bicyclic) bond motifs is 1. The van der Waals surface area contributed by atoms with Crippen molar-refractivity contribution in [3.05, 3.63) is 53.1 Å². The van der Waals surface area contributed by atoms with Crippen molar-refractivity contribution >= 4 is 0 Å². The molecule has 2 aromatic carbocycles. The average Bonchev–Trinajstić information content (AvgIpc) is 2.55. The van der Waals surface area contributed by atoms with Crippen molar-refractivity contribution in [1.82, 2.24) is 4.90 Å². The van der Waals surface area contributed by atoms with Crippen molar-refractivity contribution in [3.8, 4) is 17.2 Å². The fourth-order valence-electron chi connectivity index (χ4n) is 2.94. The van der Waals surface area contributed by atoms with Gasteiger partial charge in [-0.2, -0.15) is 0 Å². The summed E-state index contributed by atoms with van der Waals surface area (Å²) in [4.78, 5) is 2.40. The highest BCUT2D eigenvalue weighted by atomic mass is 16.5. The van der Waals surface area contributed by atoms with Crippen LogP contribution in [0.5, 0.6) is 17.2 Å². The Kier molecular flexibility index (Phi) is 4.20. The number of rotatable bonds is 4. The number of phenols is 1. The van der Waals surface area contributed by atoms with Crippen LogP contribution < -0.4 is 9.47 Å². The maximum atomic E-state index is 9.36. The van der Waals surface area contributed by atoms with E-state index < -0.39 is 0 Å². The van der Waals surface area contributed by atoms with Gasteiger partial charge in [-0.15, -0.1) is 0 Å². The fourth-order valence-corrected chi connectivity index (χ4v) is 2.94. The first-order valence-electron chi connectivity index (χ1n) is 7.43. The van der Waals surface area contributed by atoms with Crippen molar-refractivity contribution in [2.75, 3.05) is 20.8 Å². The Hall–Kier alpha value is -2.20. The lowest BCUT2D eigenvalue weighted by Crippen LogP contribution is -2.30. The molecule has 1 N–H and O–H groups in total. The molecule has 3 rings (SSSR count). The van der Waals surface area contributed by atoms with Crippen molar-refractivity contribution < 1.29 is 14.6 Å². The van der Waals surface area contributed by atoms with Crippen LogP contribution in [0.1, 0.15) is 16.7 Å². The number of hydrogen-bond acceptors (Lipinski definition) is 4. The topological polar surface area (TPSA) is 41.9 Å². The van der Waals surface area contributed by atoms with E-state index in [0.29, 0.717) is 5.75 Å². The molecule has 0 saturated carbocycles. The van der Waals surface area contributed by atoms with Gasteiger partial charge in [-0.05, 0) is 47.4 Å². The molecule has 0 fully saturated rings. The predicted octanol–water partition coefficient (Wildman–Crippen LogP) is 2.97. The highest BCUT2D eigenvalue weighted by Gasteiger charge is 2.19. The van der Waals surface area contributed by atoms with Crippen molar-refractivity contribution in [1.29, 1.82) is 0 Å². The molecule has 22 heavy (non-hydrogen) atoms. The summed E-state index contributed by atoms with van der Waals surface area (Å²) in [5.41, 5.74) is 3.84. The molecule has 0 radical (unpaired) electrons. The van der Waals surface area contributed by atoms with Crippen LogP contribution in [0.4, 0.5) is 0 Å². The number of methoxy groups -OCH3 is 2. The lowest BCUT2D eigenvalue weighted by atomic mass is 9.98. The molecule has 0 atom stereocenters. The molecule has 0 aliphatic carbocycles. The van der Waals surface area contributed by atoms with E-state index in [9.17, 15) is 5.11 Å². The van der Waals surface area contributed by atoms with Gasteiger partial charge in [0.25, 0.3) is 0 Å². The zero-order valence-corrected chi connectivity index (χ0v) is 13.0. The van der Waals surface area contributed by atoms with Crippen LogP contribution in [0.25, 0.3) is 0 Å². The van der Waals surface area contributed by atoms with Crippen molar-refractivity contribution in [3.63, 3.8) is 0 Å². The molecular formula is C18H21NO3. The number of nitrogens with zero attached hydrogens (tertiary/aromatic N) is 1. The van der Waals surface area contributed by atoms with Crippen LogP contribution >= 0.6 is 0 Å². The van der Waals surface area contributed by atoms with Gasteiger partial charge in [0.05, 0.1) is 14.2 Å². The third-order valence-corrected chi connectivity index (χ3v) is 4.14. The van der Waals surface area contributed by atoms with Crippen LogP contribution in [0, 0.1) is 0 Å². The quantitative estimate of drug-likeness (QED) is 0.942. The second-order valence-electron chi connectivity index (χ2n) is 5.60. The van der Waals surface area contributed by atoms with E-state index in [2.05, 4.69) is 17.0 Å². The monoisotopic (exact) mass is 299 g/mol. The van der Waals surface area contributed by atoms with Crippen LogP contribution in [0.2, 0.25) is 0 Å². The van der Waals surface area contributed by atoms with Gasteiger partial charge in [0.1, 0.15) is 5.75 Å². The number of phenolic OH excluding ortho intramolecular Hbond substituents is 1. The van der Waals surface area contributed by atoms with E-state index in [1.54, 1.807) is 26.4 Å². The minimum absolute atomic E-state index is 0.310. The van der Waals surface area contributed by atoms with Gasteiger partial charge in [0, 0.05) is 19.6 Å². The summed E-state index contributed by atoms with van der Waals surface area (Å²) in [6.07, 6.45) is 1.01. The molecule has 0 bridgehead atoms. The minimum Gasteiger partial charge on any atom is -0.508 e. The summed E-state index contributed by atoms with van der Waals surface area (Å²) in [6, 6.07) is 11.6. The molecule has 1 heterocycles. The predicted molar refractivity (Wildman–Crippen MR) is 85.5 cm³/mol. The van der Waals surface area contributed by atoms with Gasteiger partial charge in [-0.25, -0.2) is 0 Å². The smallest absolute Gasteiger partial charge is 0.161 e. The molecule has 0 amide bonds. The molecule has 116 valence electrons. The summed E-state index contributed by atoms with van der Waals surface area (Å²) in [7, 11) is 3.34. The minimum atomic E-state index is 0.310. The molecule has 0 saturated heterocycles. The molecule has 0 spiro atoms. The van der Waals surface area contributed by atoms with Crippen molar-refractivity contribution in [2.45, 2.75) is 19.5 Å². The molecule has 4 nitrogen and oxygen atoms in total. The fraction of sp³-hybridized carbons (Fsp3) is 0.333. The molecule has 1 aliphatic heterocycles. The highest BCUT2D eigenvalue weighted by Crippen LogP contribution is 2.33. The summed E-state index contributed by atoms with van der Waals surface area (Å²) in [5, 5.41) is 9.36. The Balaban J connectivity index is 1.76. The maximum Gasteiger partial charge on any atom is 0.161 e. The largest absolute Gasteiger partial charge is 0.508 e. The summed E-state index contributed by atoms with van der Waals surface area (Å²) in [5.74, 6) is 1.89. The van der Waals surface area contributed by atoms with Crippen molar-refractivity contribution in [2.24, 2.45) is 0 Å². The lowest BCUT2D eigenvalue weighted by Gasteiger charge is -2.29. The number of ether oxygens (including phenoxy) is 2. The van der Waals surface area contributed by atoms with E-state index in [1.807, 2.05) is 12.1 Å². The first-order chi connectivity index (χ1) is 10.7. The van der Waals surface area contributed by atoms with E-state index in [1.165, 1.54) is 16.7 Å². The normalized spacial score (nSPS) is 14.5. The van der Waals surface area contributed by atoms with Gasteiger partial charge < -0.3 is 14.6 Å². The Morgan fingerprint density at radius 2 is 1.64 bits per heavy atom. The zero-order valence-electron chi connectivity index (χ0n) is 13.0. The Morgan fingerprint density at radius 3 is 2.27 bits per heavy atom. The Morgan fingerprint density at radius 1 is 1.00 bits per heavy atom. The molecule has 0 aromatic heterocycles. The number of hydrogen-bond donors (Lipinski definition) is 1. The Bertz CT molecular complexity index is 652. The Labute approximate surface area is 130 Å². The first kappa shape index (κ1) is 14.7. The third kappa shape index (κ3) is 3.02. The van der Waals surface area contributed by atoms with E-state index in [4.69, 9.17) is 9.47 Å². The highest BCUT2D eigenvalue weighted by molar-refractivity contribution is 5.48. The van der Waals surface area contributed by atoms with Crippen LogP contribution in [-0.4, -0.2) is 30.8 Å². The maximum absolute atomic E-state index is 9.36. The average molecular weight is 299 g/mol. The van der Waals surface area contributed by atoms with Crippen LogP contribution in [0.3, 0.4) is 0 Å². The summed E-state index contributed by atoms with van der Waals surface area (Å²) in [6.45, 7) is 2.80. The van der Waals surface area contributed by atoms with E-state index in [0.717, 1.165) is 37.6 Å². The summed E-state index contributed by atoms with van der Waals surface area (Å²) >= 11 is 0. The molecule has 1 aliphatic rings. The van der Waals surface area contributed by atoms with Gasteiger partial charge in [-0.3, -0.25) is 4.90 Å². The molecular weight excluding hydrogens is 278 g/mol. The van der Waals surface area contributed by atoms with Crippen LogP contribution in [0.15, 0.2) is 36.4 Å². The summed E-state index contributed by atoms with van der Waals surface area (Å²) < 4.78 is 10.8. The second-order valence-corrected chi connectivity index (χ2v) is 5.60. The SMILES string of the molecule is COc1cc2c(cc1OC)CN(Cc1ccc(O)cc1)CC2. The van der Waals surface area contributed by atoms with E-state index >= 15 is 0 Å². The van der Waals surface area contributed by atoms with Gasteiger partial charge in [-0.1, -0.05) is 12.1 Å².